The van der Waals surface area contributed by atoms with E-state index in [1.54, 1.807) is 12.1 Å². The van der Waals surface area contributed by atoms with Crippen LogP contribution < -0.4 is 5.32 Å². The van der Waals surface area contributed by atoms with Crippen LogP contribution in [0, 0.1) is 12.8 Å². The molecule has 2 rings (SSSR count). The molecule has 4 nitrogen and oxygen atoms in total. The fourth-order valence-corrected chi connectivity index (χ4v) is 2.22. The van der Waals surface area contributed by atoms with Crippen LogP contribution in [-0.4, -0.2) is 23.5 Å². The van der Waals surface area contributed by atoms with Crippen LogP contribution in [0.5, 0.6) is 0 Å². The van der Waals surface area contributed by atoms with Gasteiger partial charge < -0.3 is 10.4 Å². The number of hydrogen-bond donors (Lipinski definition) is 2. The summed E-state index contributed by atoms with van der Waals surface area (Å²) in [6.45, 7) is 2.59. The lowest BCUT2D eigenvalue weighted by Gasteiger charge is -2.07. The van der Waals surface area contributed by atoms with Gasteiger partial charge in [-0.05, 0) is 55.0 Å². The van der Waals surface area contributed by atoms with E-state index in [0.29, 0.717) is 12.1 Å². The Morgan fingerprint density at radius 3 is 2.81 bits per heavy atom. The third-order valence-electron chi connectivity index (χ3n) is 3.72. The Balaban J connectivity index is 1.92. The Hall–Kier alpha value is -2.10. The van der Waals surface area contributed by atoms with E-state index < -0.39 is 5.97 Å². The number of rotatable bonds is 7. The Morgan fingerprint density at radius 2 is 2.14 bits per heavy atom. The summed E-state index contributed by atoms with van der Waals surface area (Å²) in [5.74, 6) is -0.214. The second-order valence-corrected chi connectivity index (χ2v) is 5.58. The normalized spacial score (nSPS) is 14.3. The van der Waals surface area contributed by atoms with Crippen LogP contribution in [0.15, 0.2) is 24.3 Å². The van der Waals surface area contributed by atoms with E-state index in [2.05, 4.69) is 5.32 Å². The zero-order chi connectivity index (χ0) is 15.2. The van der Waals surface area contributed by atoms with Crippen LogP contribution in [0.25, 0.3) is 6.08 Å². The average molecular weight is 287 g/mol. The number of carbonyl (C=O) groups is 2. The molecule has 1 amide bonds. The van der Waals surface area contributed by atoms with E-state index in [1.165, 1.54) is 25.3 Å². The van der Waals surface area contributed by atoms with Crippen molar-refractivity contribution in [1.82, 2.24) is 5.32 Å². The zero-order valence-corrected chi connectivity index (χ0v) is 12.3. The van der Waals surface area contributed by atoms with Gasteiger partial charge >= 0.3 is 5.97 Å². The zero-order valence-electron chi connectivity index (χ0n) is 12.3. The highest BCUT2D eigenvalue weighted by atomic mass is 16.4. The third-order valence-corrected chi connectivity index (χ3v) is 3.72. The number of carboxylic acid groups (broad SMARTS) is 1. The monoisotopic (exact) mass is 287 g/mol. The molecule has 112 valence electrons. The Bertz CT molecular complexity index is 559. The van der Waals surface area contributed by atoms with Gasteiger partial charge in [0, 0.05) is 18.2 Å². The van der Waals surface area contributed by atoms with E-state index in [4.69, 9.17) is 5.11 Å². The Kier molecular flexibility index (Phi) is 5.14. The van der Waals surface area contributed by atoms with Crippen LogP contribution in [0.4, 0.5) is 0 Å². The molecule has 0 atom stereocenters. The smallest absolute Gasteiger partial charge is 0.328 e. The highest BCUT2D eigenvalue weighted by Crippen LogP contribution is 2.33. The Morgan fingerprint density at radius 1 is 1.38 bits per heavy atom. The molecular weight excluding hydrogens is 266 g/mol. The maximum Gasteiger partial charge on any atom is 0.328 e. The summed E-state index contributed by atoms with van der Waals surface area (Å²) in [4.78, 5) is 22.6. The van der Waals surface area contributed by atoms with Gasteiger partial charge in [0.05, 0.1) is 0 Å². The molecule has 2 N–H and O–H groups in total. The first-order valence-electron chi connectivity index (χ1n) is 7.36. The highest BCUT2D eigenvalue weighted by molar-refractivity contribution is 5.95. The van der Waals surface area contributed by atoms with Gasteiger partial charge in [-0.25, -0.2) is 4.79 Å². The molecule has 0 heterocycles. The molecule has 1 aromatic rings. The molecular formula is C17H21NO3. The predicted octanol–water partition coefficient (Wildman–Crippen LogP) is 3.01. The third kappa shape index (κ3) is 5.06. The standard InChI is InChI=1S/C17H21NO3/c1-12-4-7-15(11-14(12)8-9-16(19)20)17(21)18-10-2-3-13-5-6-13/h4,7-9,11,13H,2-3,5-6,10H2,1H3,(H,18,21)(H,19,20)/b9-8+. The number of benzene rings is 1. The molecule has 1 fully saturated rings. The maximum atomic E-state index is 12.1. The second-order valence-electron chi connectivity index (χ2n) is 5.58. The first-order valence-corrected chi connectivity index (χ1v) is 7.36. The van der Waals surface area contributed by atoms with Crippen molar-refractivity contribution in [2.24, 2.45) is 5.92 Å². The molecule has 0 saturated heterocycles. The number of aliphatic carboxylic acids is 1. The number of aryl methyl sites for hydroxylation is 1. The molecule has 1 saturated carbocycles. The van der Waals surface area contributed by atoms with Gasteiger partial charge in [0.2, 0.25) is 0 Å². The van der Waals surface area contributed by atoms with Crippen LogP contribution >= 0.6 is 0 Å². The SMILES string of the molecule is Cc1ccc(C(=O)NCCCC2CC2)cc1/C=C/C(=O)O. The molecule has 0 spiro atoms. The minimum absolute atomic E-state index is 0.101. The van der Waals surface area contributed by atoms with Gasteiger partial charge in [-0.2, -0.15) is 0 Å². The number of carbonyl (C=O) groups excluding carboxylic acids is 1. The molecule has 4 heteroatoms. The lowest BCUT2D eigenvalue weighted by atomic mass is 10.0. The molecule has 0 bridgehead atoms. The summed E-state index contributed by atoms with van der Waals surface area (Å²) in [6.07, 6.45) is 7.49. The summed E-state index contributed by atoms with van der Waals surface area (Å²) >= 11 is 0. The van der Waals surface area contributed by atoms with Gasteiger partial charge in [-0.1, -0.05) is 18.9 Å². The molecule has 0 aliphatic heterocycles. The van der Waals surface area contributed by atoms with Crippen LogP contribution in [0.2, 0.25) is 0 Å². The predicted molar refractivity (Wildman–Crippen MR) is 82.1 cm³/mol. The van der Waals surface area contributed by atoms with Crippen molar-refractivity contribution in [3.05, 3.63) is 41.0 Å². The summed E-state index contributed by atoms with van der Waals surface area (Å²) in [7, 11) is 0. The van der Waals surface area contributed by atoms with Crippen molar-refractivity contribution in [3.63, 3.8) is 0 Å². The summed E-state index contributed by atoms with van der Waals surface area (Å²) in [5.41, 5.74) is 2.26. The van der Waals surface area contributed by atoms with Gasteiger partial charge in [0.25, 0.3) is 5.91 Å². The van der Waals surface area contributed by atoms with Crippen LogP contribution in [-0.2, 0) is 4.79 Å². The maximum absolute atomic E-state index is 12.1. The first-order chi connectivity index (χ1) is 10.1. The molecule has 0 radical (unpaired) electrons. The largest absolute Gasteiger partial charge is 0.478 e. The van der Waals surface area contributed by atoms with Gasteiger partial charge in [-0.15, -0.1) is 0 Å². The Labute approximate surface area is 124 Å². The van der Waals surface area contributed by atoms with Crippen molar-refractivity contribution >= 4 is 18.0 Å². The molecule has 21 heavy (non-hydrogen) atoms. The number of carboxylic acids is 1. The highest BCUT2D eigenvalue weighted by Gasteiger charge is 2.20. The van der Waals surface area contributed by atoms with Crippen molar-refractivity contribution in [2.45, 2.75) is 32.6 Å². The van der Waals surface area contributed by atoms with Gasteiger partial charge in [0.15, 0.2) is 0 Å². The van der Waals surface area contributed by atoms with E-state index >= 15 is 0 Å². The van der Waals surface area contributed by atoms with E-state index in [-0.39, 0.29) is 5.91 Å². The van der Waals surface area contributed by atoms with Crippen molar-refractivity contribution in [2.75, 3.05) is 6.54 Å². The van der Waals surface area contributed by atoms with Crippen LogP contribution in [0.1, 0.15) is 47.2 Å². The summed E-state index contributed by atoms with van der Waals surface area (Å²) in [6, 6.07) is 5.33. The van der Waals surface area contributed by atoms with Crippen LogP contribution in [0.3, 0.4) is 0 Å². The fraction of sp³-hybridized carbons (Fsp3) is 0.412. The quantitative estimate of drug-likeness (QED) is 0.598. The van der Waals surface area contributed by atoms with Gasteiger partial charge in [-0.3, -0.25) is 4.79 Å². The number of amides is 1. The van der Waals surface area contributed by atoms with Crippen molar-refractivity contribution in [3.8, 4) is 0 Å². The topological polar surface area (TPSA) is 66.4 Å². The molecule has 1 aliphatic rings. The second kappa shape index (κ2) is 7.07. The molecule has 0 unspecified atom stereocenters. The summed E-state index contributed by atoms with van der Waals surface area (Å²) < 4.78 is 0. The number of hydrogen-bond acceptors (Lipinski definition) is 2. The molecule has 1 aromatic carbocycles. The molecule has 0 aromatic heterocycles. The minimum Gasteiger partial charge on any atom is -0.478 e. The number of nitrogens with one attached hydrogen (secondary N) is 1. The van der Waals surface area contributed by atoms with Gasteiger partial charge in [0.1, 0.15) is 0 Å². The first kappa shape index (κ1) is 15.3. The molecule has 1 aliphatic carbocycles. The van der Waals surface area contributed by atoms with Crippen molar-refractivity contribution in [1.29, 1.82) is 0 Å². The van der Waals surface area contributed by atoms with Crippen molar-refractivity contribution < 1.29 is 14.7 Å². The van der Waals surface area contributed by atoms with E-state index in [0.717, 1.165) is 29.5 Å². The fourth-order valence-electron chi connectivity index (χ4n) is 2.22. The lowest BCUT2D eigenvalue weighted by Crippen LogP contribution is -2.24. The summed E-state index contributed by atoms with van der Waals surface area (Å²) in [5, 5.41) is 11.6. The minimum atomic E-state index is -0.996. The average Bonchev–Trinajstić information content (AvgIpc) is 3.26. The lowest BCUT2D eigenvalue weighted by molar-refractivity contribution is -0.131. The van der Waals surface area contributed by atoms with E-state index in [1.807, 2.05) is 13.0 Å². The van der Waals surface area contributed by atoms with E-state index in [9.17, 15) is 9.59 Å².